The van der Waals surface area contributed by atoms with Gasteiger partial charge in [-0.25, -0.2) is 0 Å². The number of benzene rings is 1. The fourth-order valence-corrected chi connectivity index (χ4v) is 11.4. The van der Waals surface area contributed by atoms with Gasteiger partial charge in [-0.1, -0.05) is 25.3 Å². The molecule has 198 valence electrons. The molecule has 0 aromatic heterocycles. The average Bonchev–Trinajstić information content (AvgIpc) is 2.81. The quantitative estimate of drug-likeness (QED) is 0.198. The SMILES string of the molecule is C1CCC([PH+](C2CCCCC2)C2CCCCC2)CC1.FC(F)(F)c1cccc(C(F)(F)F)c1.[Ni]. The Kier molecular flexibility index (Phi) is 12.2. The van der Waals surface area contributed by atoms with E-state index in [-0.39, 0.29) is 30.5 Å². The Morgan fingerprint density at radius 2 is 0.824 bits per heavy atom. The van der Waals surface area contributed by atoms with Gasteiger partial charge in [-0.2, -0.15) is 26.3 Å². The maximum absolute atomic E-state index is 12.0. The molecule has 0 unspecified atom stereocenters. The molecular weight excluding hydrogens is 516 g/mol. The molecule has 0 radical (unpaired) electrons. The Bertz CT molecular complexity index is 630. The predicted octanol–water partition coefficient (Wildman–Crippen LogP) is 9.92. The van der Waals surface area contributed by atoms with Crippen LogP contribution in [0.15, 0.2) is 24.3 Å². The van der Waals surface area contributed by atoms with E-state index in [2.05, 4.69) is 0 Å². The van der Waals surface area contributed by atoms with E-state index in [0.717, 1.165) is 6.07 Å². The molecule has 1 aromatic rings. The van der Waals surface area contributed by atoms with Crippen LogP contribution in [0.2, 0.25) is 0 Å². The van der Waals surface area contributed by atoms with Crippen LogP contribution in [0.4, 0.5) is 26.3 Å². The van der Waals surface area contributed by atoms with Crippen molar-refractivity contribution in [2.24, 2.45) is 0 Å². The van der Waals surface area contributed by atoms with E-state index >= 15 is 0 Å². The molecule has 34 heavy (non-hydrogen) atoms. The van der Waals surface area contributed by atoms with Crippen LogP contribution in [0.1, 0.15) is 107 Å². The predicted molar refractivity (Wildman–Crippen MR) is 125 cm³/mol. The summed E-state index contributed by atoms with van der Waals surface area (Å²) in [4.78, 5) is 0. The zero-order valence-electron chi connectivity index (χ0n) is 19.7. The van der Waals surface area contributed by atoms with Crippen molar-refractivity contribution in [2.75, 3.05) is 0 Å². The molecule has 0 atom stereocenters. The van der Waals surface area contributed by atoms with Gasteiger partial charge in [0.1, 0.15) is 0 Å². The van der Waals surface area contributed by atoms with Crippen molar-refractivity contribution in [2.45, 2.75) is 126 Å². The fraction of sp³-hybridized carbons (Fsp3) is 0.769. The zero-order chi connectivity index (χ0) is 23.9. The molecule has 8 heteroatoms. The van der Waals surface area contributed by atoms with E-state index in [1.54, 1.807) is 96.3 Å². The Morgan fingerprint density at radius 1 is 0.529 bits per heavy atom. The molecule has 0 nitrogen and oxygen atoms in total. The van der Waals surface area contributed by atoms with Crippen molar-refractivity contribution in [1.82, 2.24) is 0 Å². The minimum absolute atomic E-state index is 0. The third-order valence-corrected chi connectivity index (χ3v) is 12.3. The number of alkyl halides is 6. The normalized spacial score (nSPS) is 21.5. The molecule has 3 aliphatic carbocycles. The summed E-state index contributed by atoms with van der Waals surface area (Å²) in [6.07, 6.45) is 14.3. The van der Waals surface area contributed by atoms with Crippen LogP contribution in [0.3, 0.4) is 0 Å². The summed E-state index contributed by atoms with van der Waals surface area (Å²) >= 11 is 0. The summed E-state index contributed by atoms with van der Waals surface area (Å²) in [7, 11) is -0.0465. The molecule has 0 N–H and O–H groups in total. The molecule has 3 fully saturated rings. The van der Waals surface area contributed by atoms with Gasteiger partial charge in [-0.15, -0.1) is 0 Å². The summed E-state index contributed by atoms with van der Waals surface area (Å²) in [6.45, 7) is 0. The molecule has 0 amide bonds. The minimum atomic E-state index is -4.75. The van der Waals surface area contributed by atoms with E-state index in [0.29, 0.717) is 12.1 Å². The van der Waals surface area contributed by atoms with Crippen molar-refractivity contribution in [3.63, 3.8) is 0 Å². The van der Waals surface area contributed by atoms with Gasteiger partial charge in [0, 0.05) is 24.4 Å². The molecule has 0 heterocycles. The average molecular weight is 554 g/mol. The first-order valence-corrected chi connectivity index (χ1v) is 14.5. The second-order valence-electron chi connectivity index (χ2n) is 10.1. The van der Waals surface area contributed by atoms with Crippen LogP contribution in [0.25, 0.3) is 0 Å². The Labute approximate surface area is 211 Å². The van der Waals surface area contributed by atoms with Crippen molar-refractivity contribution in [3.8, 4) is 0 Å². The molecule has 3 aliphatic rings. The van der Waals surface area contributed by atoms with Crippen molar-refractivity contribution < 1.29 is 42.8 Å². The van der Waals surface area contributed by atoms with E-state index in [1.807, 2.05) is 0 Å². The summed E-state index contributed by atoms with van der Waals surface area (Å²) in [6, 6.07) is 2.00. The van der Waals surface area contributed by atoms with E-state index in [4.69, 9.17) is 0 Å². The third-order valence-electron chi connectivity index (χ3n) is 7.75. The molecule has 3 saturated carbocycles. The number of hydrogen-bond donors (Lipinski definition) is 0. The molecule has 1 aromatic carbocycles. The molecule has 0 spiro atoms. The molecule has 4 rings (SSSR count). The number of hydrogen-bond acceptors (Lipinski definition) is 0. The minimum Gasteiger partial charge on any atom is -0.166 e. The molecular formula is C26H38F6NiP+. The van der Waals surface area contributed by atoms with Gasteiger partial charge >= 0.3 is 12.4 Å². The maximum atomic E-state index is 12.0. The fourth-order valence-electron chi connectivity index (χ4n) is 6.18. The van der Waals surface area contributed by atoms with Crippen molar-refractivity contribution in [3.05, 3.63) is 35.4 Å². The van der Waals surface area contributed by atoms with Crippen molar-refractivity contribution >= 4 is 7.92 Å². The topological polar surface area (TPSA) is 0 Å². The van der Waals surface area contributed by atoms with Crippen LogP contribution in [0.5, 0.6) is 0 Å². The zero-order valence-corrected chi connectivity index (χ0v) is 21.7. The molecule has 0 aliphatic heterocycles. The van der Waals surface area contributed by atoms with Crippen LogP contribution in [-0.4, -0.2) is 17.0 Å². The van der Waals surface area contributed by atoms with Gasteiger partial charge < -0.3 is 0 Å². The van der Waals surface area contributed by atoms with Crippen LogP contribution >= 0.6 is 7.92 Å². The van der Waals surface area contributed by atoms with E-state index < -0.39 is 23.5 Å². The number of halogens is 6. The molecule has 0 saturated heterocycles. The van der Waals surface area contributed by atoms with Gasteiger partial charge in [0.05, 0.1) is 28.1 Å². The second-order valence-corrected chi connectivity index (χ2v) is 13.5. The molecule has 0 bridgehead atoms. The largest absolute Gasteiger partial charge is 0.416 e. The summed E-state index contributed by atoms with van der Waals surface area (Å²) in [5.74, 6) is 0. The monoisotopic (exact) mass is 553 g/mol. The van der Waals surface area contributed by atoms with E-state index in [1.165, 1.54) is 17.0 Å². The summed E-state index contributed by atoms with van der Waals surface area (Å²) < 4.78 is 71.9. The first kappa shape index (κ1) is 30.0. The maximum Gasteiger partial charge on any atom is 0.416 e. The first-order valence-electron chi connectivity index (χ1n) is 12.8. The van der Waals surface area contributed by atoms with E-state index in [9.17, 15) is 26.3 Å². The van der Waals surface area contributed by atoms with Crippen LogP contribution in [-0.2, 0) is 28.8 Å². The van der Waals surface area contributed by atoms with Crippen LogP contribution < -0.4 is 0 Å². The second kappa shape index (κ2) is 13.9. The Hall–Kier alpha value is -0.276. The summed E-state index contributed by atoms with van der Waals surface area (Å²) in [5, 5.41) is 0. The van der Waals surface area contributed by atoms with Gasteiger partial charge in [0.25, 0.3) is 0 Å². The smallest absolute Gasteiger partial charge is 0.166 e. The van der Waals surface area contributed by atoms with Gasteiger partial charge in [-0.3, -0.25) is 0 Å². The summed E-state index contributed by atoms with van der Waals surface area (Å²) in [5.41, 5.74) is 1.08. The Morgan fingerprint density at radius 3 is 1.09 bits per heavy atom. The van der Waals surface area contributed by atoms with Gasteiger partial charge in [-0.05, 0) is 95.2 Å². The van der Waals surface area contributed by atoms with Crippen LogP contribution in [0, 0.1) is 0 Å². The van der Waals surface area contributed by atoms with Crippen molar-refractivity contribution in [1.29, 1.82) is 0 Å². The Balaban J connectivity index is 0.000000245. The third kappa shape index (κ3) is 8.99. The number of rotatable bonds is 3. The first-order chi connectivity index (χ1) is 15.7. The van der Waals surface area contributed by atoms with Gasteiger partial charge in [0.15, 0.2) is 0 Å². The standard InChI is InChI=1S/C18H33P.C8H4F6.Ni/c1-4-10-16(11-5-1)19(17-12-6-2-7-13-17)18-14-8-3-9-15-18;9-7(10,11)5-2-1-3-6(4-5)8(12,13)14;/h16-18H,1-15H2;1-4H;/p+1. The van der Waals surface area contributed by atoms with Gasteiger partial charge in [0.2, 0.25) is 0 Å².